The Morgan fingerprint density at radius 2 is 1.78 bits per heavy atom. The van der Waals surface area contributed by atoms with E-state index in [1.165, 1.54) is 12.1 Å². The van der Waals surface area contributed by atoms with E-state index in [0.717, 1.165) is 38.2 Å². The van der Waals surface area contributed by atoms with Crippen molar-refractivity contribution in [3.63, 3.8) is 0 Å². The van der Waals surface area contributed by atoms with E-state index in [1.54, 1.807) is 12.1 Å². The molecule has 132 valence electrons. The summed E-state index contributed by atoms with van der Waals surface area (Å²) in [5.41, 5.74) is 0.949. The lowest BCUT2D eigenvalue weighted by molar-refractivity contribution is -0.274. The Morgan fingerprint density at radius 3 is 2.30 bits per heavy atom. The van der Waals surface area contributed by atoms with Crippen molar-refractivity contribution in [2.45, 2.75) is 25.2 Å². The van der Waals surface area contributed by atoms with Crippen LogP contribution in [0.1, 0.15) is 24.4 Å². The molecule has 0 spiro atoms. The summed E-state index contributed by atoms with van der Waals surface area (Å²) in [5, 5.41) is 12.3. The van der Waals surface area contributed by atoms with Gasteiger partial charge in [0.2, 0.25) is 0 Å². The van der Waals surface area contributed by atoms with Gasteiger partial charge in [0.05, 0.1) is 0 Å². The fraction of sp³-hybridized carbons (Fsp3) is 0.600. The molecule has 0 aliphatic carbocycles. The van der Waals surface area contributed by atoms with Gasteiger partial charge >= 0.3 is 6.36 Å². The number of hydrogen-bond acceptors (Lipinski definition) is 4. The predicted octanol–water partition coefficient (Wildman–Crippen LogP) is 2.73. The predicted molar refractivity (Wildman–Crippen MR) is 83.9 cm³/mol. The molecule has 0 amide bonds. The first kappa shape index (κ1) is 20.0. The van der Waals surface area contributed by atoms with Gasteiger partial charge in [0, 0.05) is 38.8 Å². The Labute approximate surface area is 140 Å². The van der Waals surface area contributed by atoms with Crippen LogP contribution in [-0.2, 0) is 0 Å². The van der Waals surface area contributed by atoms with Crippen molar-refractivity contribution in [1.29, 1.82) is 0 Å². The highest BCUT2D eigenvalue weighted by molar-refractivity contribution is 5.85. The third-order valence-corrected chi connectivity index (χ3v) is 3.73. The minimum Gasteiger partial charge on any atom is -0.406 e. The summed E-state index contributed by atoms with van der Waals surface area (Å²) in [6.45, 7) is 3.67. The van der Waals surface area contributed by atoms with Crippen LogP contribution in [0.15, 0.2) is 24.3 Å². The maximum absolute atomic E-state index is 12.2. The molecule has 0 unspecified atom stereocenters. The Hall–Kier alpha value is -1.02. The van der Waals surface area contributed by atoms with Gasteiger partial charge in [-0.1, -0.05) is 12.1 Å². The average Bonchev–Trinajstić information content (AvgIpc) is 2.49. The van der Waals surface area contributed by atoms with Crippen molar-refractivity contribution in [3.05, 3.63) is 29.8 Å². The zero-order valence-electron chi connectivity index (χ0n) is 12.7. The summed E-state index contributed by atoms with van der Waals surface area (Å²) >= 11 is 0. The number of nitrogens with one attached hydrogen (secondary N) is 1. The maximum Gasteiger partial charge on any atom is 0.573 e. The largest absolute Gasteiger partial charge is 0.573 e. The molecular weight excluding hydrogens is 333 g/mol. The molecule has 4 nitrogen and oxygen atoms in total. The molecule has 8 heteroatoms. The first-order valence-electron chi connectivity index (χ1n) is 7.41. The molecule has 1 atom stereocenters. The Morgan fingerprint density at radius 1 is 1.17 bits per heavy atom. The summed E-state index contributed by atoms with van der Waals surface area (Å²) in [4.78, 5) is 2.30. The molecule has 2 N–H and O–H groups in total. The fourth-order valence-electron chi connectivity index (χ4n) is 2.73. The van der Waals surface area contributed by atoms with Crippen molar-refractivity contribution in [2.75, 3.05) is 32.8 Å². The van der Waals surface area contributed by atoms with E-state index in [9.17, 15) is 13.2 Å². The van der Waals surface area contributed by atoms with E-state index in [0.29, 0.717) is 6.42 Å². The van der Waals surface area contributed by atoms with Gasteiger partial charge in [-0.15, -0.1) is 25.6 Å². The number of ether oxygens (including phenoxy) is 1. The normalized spacial score (nSPS) is 17.4. The molecule has 1 aromatic carbocycles. The van der Waals surface area contributed by atoms with Crippen LogP contribution in [0, 0.1) is 0 Å². The summed E-state index contributed by atoms with van der Waals surface area (Å²) < 4.78 is 40.5. The van der Waals surface area contributed by atoms with E-state index in [-0.39, 0.29) is 30.8 Å². The smallest absolute Gasteiger partial charge is 0.406 e. The molecule has 0 bridgehead atoms. The van der Waals surface area contributed by atoms with Crippen molar-refractivity contribution >= 4 is 12.4 Å². The molecule has 1 aliphatic heterocycles. The highest BCUT2D eigenvalue weighted by Crippen LogP contribution is 2.29. The van der Waals surface area contributed by atoms with Crippen LogP contribution in [0.5, 0.6) is 5.75 Å². The standard InChI is InChI=1S/C15H21F3N2O2.ClH/c16-15(17,18)22-13-5-3-12(4-6-13)14(2-1-11-21)20-9-7-19-8-10-20;/h3-6,14,19,21H,1-2,7-11H2;1H/t14-;/m1./s1. The minimum atomic E-state index is -4.67. The van der Waals surface area contributed by atoms with E-state index in [2.05, 4.69) is 15.0 Å². The number of alkyl halides is 3. The summed E-state index contributed by atoms with van der Waals surface area (Å²) in [5.74, 6) is -0.211. The number of piperazine rings is 1. The number of aliphatic hydroxyl groups excluding tert-OH is 1. The highest BCUT2D eigenvalue weighted by Gasteiger charge is 2.31. The molecule has 0 saturated carbocycles. The van der Waals surface area contributed by atoms with Gasteiger partial charge in [-0.05, 0) is 30.5 Å². The molecule has 23 heavy (non-hydrogen) atoms. The van der Waals surface area contributed by atoms with E-state index < -0.39 is 6.36 Å². The van der Waals surface area contributed by atoms with Gasteiger partial charge in [0.15, 0.2) is 0 Å². The van der Waals surface area contributed by atoms with Crippen molar-refractivity contribution in [3.8, 4) is 5.75 Å². The van der Waals surface area contributed by atoms with Gasteiger partial charge < -0.3 is 15.2 Å². The van der Waals surface area contributed by atoms with E-state index >= 15 is 0 Å². The third-order valence-electron chi connectivity index (χ3n) is 3.73. The first-order chi connectivity index (χ1) is 10.5. The van der Waals surface area contributed by atoms with Crippen molar-refractivity contribution in [2.24, 2.45) is 0 Å². The summed E-state index contributed by atoms with van der Waals surface area (Å²) in [6.07, 6.45) is -3.23. The van der Waals surface area contributed by atoms with Crippen LogP contribution in [0.4, 0.5) is 13.2 Å². The van der Waals surface area contributed by atoms with Crippen LogP contribution >= 0.6 is 12.4 Å². The number of hydrogen-bond donors (Lipinski definition) is 2. The van der Waals surface area contributed by atoms with Gasteiger partial charge in [0.25, 0.3) is 0 Å². The Balaban J connectivity index is 0.00000264. The lowest BCUT2D eigenvalue weighted by atomic mass is 9.99. The van der Waals surface area contributed by atoms with Crippen LogP contribution in [0.3, 0.4) is 0 Å². The van der Waals surface area contributed by atoms with Gasteiger partial charge in [-0.25, -0.2) is 0 Å². The first-order valence-corrected chi connectivity index (χ1v) is 7.41. The lowest BCUT2D eigenvalue weighted by Gasteiger charge is -2.35. The number of halogens is 4. The molecule has 1 fully saturated rings. The molecule has 1 aliphatic rings. The summed E-state index contributed by atoms with van der Waals surface area (Å²) in [7, 11) is 0. The zero-order valence-corrected chi connectivity index (χ0v) is 13.5. The topological polar surface area (TPSA) is 44.7 Å². The second-order valence-electron chi connectivity index (χ2n) is 5.28. The number of benzene rings is 1. The maximum atomic E-state index is 12.2. The molecule has 1 heterocycles. The van der Waals surface area contributed by atoms with Crippen LogP contribution < -0.4 is 10.1 Å². The molecule has 2 rings (SSSR count). The molecule has 1 saturated heterocycles. The number of nitrogens with zero attached hydrogens (tertiary/aromatic N) is 1. The highest BCUT2D eigenvalue weighted by atomic mass is 35.5. The van der Waals surface area contributed by atoms with Crippen molar-refractivity contribution in [1.82, 2.24) is 10.2 Å². The number of rotatable bonds is 6. The fourth-order valence-corrected chi connectivity index (χ4v) is 2.73. The molecular formula is C15H22ClF3N2O2. The zero-order chi connectivity index (χ0) is 16.0. The van der Waals surface area contributed by atoms with Gasteiger partial charge in [-0.2, -0.15) is 0 Å². The third kappa shape index (κ3) is 6.55. The molecule has 0 radical (unpaired) electrons. The second-order valence-corrected chi connectivity index (χ2v) is 5.28. The van der Waals surface area contributed by atoms with Crippen LogP contribution in [-0.4, -0.2) is 49.2 Å². The Kier molecular flexibility index (Phi) is 8.11. The monoisotopic (exact) mass is 354 g/mol. The SMILES string of the molecule is Cl.OCCC[C@H](c1ccc(OC(F)(F)F)cc1)N1CCNCC1. The molecule has 1 aromatic rings. The minimum absolute atomic E-state index is 0. The number of aliphatic hydroxyl groups is 1. The van der Waals surface area contributed by atoms with E-state index in [1.807, 2.05) is 0 Å². The van der Waals surface area contributed by atoms with Gasteiger partial charge in [0.1, 0.15) is 5.75 Å². The van der Waals surface area contributed by atoms with Crippen LogP contribution in [0.25, 0.3) is 0 Å². The second kappa shape index (κ2) is 9.32. The quantitative estimate of drug-likeness (QED) is 0.824. The lowest BCUT2D eigenvalue weighted by Crippen LogP contribution is -2.45. The average molecular weight is 355 g/mol. The van der Waals surface area contributed by atoms with E-state index in [4.69, 9.17) is 5.11 Å². The summed E-state index contributed by atoms with van der Waals surface area (Å²) in [6, 6.07) is 6.14. The van der Waals surface area contributed by atoms with Crippen LogP contribution in [0.2, 0.25) is 0 Å². The molecule has 0 aromatic heterocycles. The van der Waals surface area contributed by atoms with Gasteiger partial charge in [-0.3, -0.25) is 4.90 Å². The Bertz CT molecular complexity index is 451. The van der Waals surface area contributed by atoms with Crippen molar-refractivity contribution < 1.29 is 23.0 Å².